The van der Waals surface area contributed by atoms with Gasteiger partial charge in [-0.15, -0.1) is 0 Å². The van der Waals surface area contributed by atoms with E-state index in [1.165, 1.54) is 5.56 Å². The summed E-state index contributed by atoms with van der Waals surface area (Å²) >= 11 is 0. The molecule has 194 valence electrons. The largest absolute Gasteiger partial charge is 0.443 e. The molecule has 0 bridgehead atoms. The minimum atomic E-state index is -0.599. The third-order valence-electron chi connectivity index (χ3n) is 6.27. The number of anilines is 2. The Balaban J connectivity index is 1.44. The Morgan fingerprint density at radius 2 is 1.73 bits per heavy atom. The monoisotopic (exact) mass is 500 g/mol. The van der Waals surface area contributed by atoms with E-state index >= 15 is 0 Å². The molecular formula is C30H36N4O3. The predicted molar refractivity (Wildman–Crippen MR) is 147 cm³/mol. The second-order valence-corrected chi connectivity index (χ2v) is 10.4. The van der Waals surface area contributed by atoms with E-state index in [1.54, 1.807) is 22.0 Å². The fourth-order valence-corrected chi connectivity index (χ4v) is 4.44. The van der Waals surface area contributed by atoms with Crippen molar-refractivity contribution in [3.05, 3.63) is 83.7 Å². The summed E-state index contributed by atoms with van der Waals surface area (Å²) in [5.41, 5.74) is 5.10. The lowest BCUT2D eigenvalue weighted by Crippen LogP contribution is -2.38. The Morgan fingerprint density at radius 3 is 2.43 bits per heavy atom. The highest BCUT2D eigenvalue weighted by Gasteiger charge is 2.24. The van der Waals surface area contributed by atoms with Crippen LogP contribution in [0.15, 0.2) is 72.6 Å². The third-order valence-corrected chi connectivity index (χ3v) is 6.27. The van der Waals surface area contributed by atoms with E-state index < -0.39 is 11.7 Å². The average molecular weight is 501 g/mol. The molecule has 3 aromatic rings. The zero-order valence-electron chi connectivity index (χ0n) is 22.2. The number of aromatic nitrogens is 2. The third kappa shape index (κ3) is 7.09. The summed E-state index contributed by atoms with van der Waals surface area (Å²) in [5, 5.41) is 7.44. The number of nitrogens with one attached hydrogen (secondary N) is 1. The summed E-state index contributed by atoms with van der Waals surface area (Å²) in [4.78, 5) is 27.7. The molecule has 0 saturated carbocycles. The summed E-state index contributed by atoms with van der Waals surface area (Å²) in [6.45, 7) is 8.43. The van der Waals surface area contributed by atoms with Crippen LogP contribution in [0.1, 0.15) is 57.6 Å². The van der Waals surface area contributed by atoms with Crippen molar-refractivity contribution in [2.45, 2.75) is 65.5 Å². The topological polar surface area (TPSA) is 76.5 Å². The molecule has 2 amide bonds. The van der Waals surface area contributed by atoms with Gasteiger partial charge in [0.25, 0.3) is 5.91 Å². The molecule has 0 radical (unpaired) electrons. The van der Waals surface area contributed by atoms with E-state index in [4.69, 9.17) is 4.74 Å². The molecule has 0 fully saturated rings. The number of rotatable bonds is 7. The van der Waals surface area contributed by atoms with Gasteiger partial charge in [-0.05, 0) is 76.6 Å². The maximum absolute atomic E-state index is 13.2. The second kappa shape index (κ2) is 11.5. The van der Waals surface area contributed by atoms with Crippen LogP contribution in [0.3, 0.4) is 0 Å². The molecule has 1 aliphatic rings. The zero-order chi connectivity index (χ0) is 26.4. The van der Waals surface area contributed by atoms with Gasteiger partial charge in [0.2, 0.25) is 0 Å². The molecule has 0 saturated heterocycles. The van der Waals surface area contributed by atoms with Crippen LogP contribution in [0.2, 0.25) is 0 Å². The number of hydrogen-bond donors (Lipinski definition) is 1. The summed E-state index contributed by atoms with van der Waals surface area (Å²) < 4.78 is 7.34. The molecule has 0 spiro atoms. The highest BCUT2D eigenvalue weighted by molar-refractivity contribution is 6.09. The maximum atomic E-state index is 13.2. The highest BCUT2D eigenvalue weighted by Crippen LogP contribution is 2.33. The van der Waals surface area contributed by atoms with Crippen molar-refractivity contribution < 1.29 is 14.3 Å². The van der Waals surface area contributed by atoms with Crippen molar-refractivity contribution in [3.63, 3.8) is 0 Å². The maximum Gasteiger partial charge on any atom is 0.414 e. The second-order valence-electron chi connectivity index (χ2n) is 10.4. The van der Waals surface area contributed by atoms with Crippen LogP contribution < -0.4 is 10.2 Å². The van der Waals surface area contributed by atoms with Gasteiger partial charge in [-0.3, -0.25) is 14.4 Å². The first-order chi connectivity index (χ1) is 17.7. The SMILES string of the molecule is Cc1ccc(C2=C(C(=O)Nc3cnn(CCN(C(=O)OC(C)(C)C)c4ccccc4)c3)CCCC2)cc1. The van der Waals surface area contributed by atoms with Gasteiger partial charge < -0.3 is 10.1 Å². The molecular weight excluding hydrogens is 464 g/mol. The van der Waals surface area contributed by atoms with Crippen molar-refractivity contribution in [1.29, 1.82) is 0 Å². The van der Waals surface area contributed by atoms with Crippen LogP contribution in [0.25, 0.3) is 5.57 Å². The average Bonchev–Trinajstić information content (AvgIpc) is 3.31. The van der Waals surface area contributed by atoms with E-state index in [0.717, 1.165) is 48.1 Å². The fourth-order valence-electron chi connectivity index (χ4n) is 4.44. The van der Waals surface area contributed by atoms with Crippen LogP contribution >= 0.6 is 0 Å². The zero-order valence-corrected chi connectivity index (χ0v) is 22.2. The molecule has 0 atom stereocenters. The van der Waals surface area contributed by atoms with E-state index in [2.05, 4.69) is 41.6 Å². The number of para-hydroxylation sites is 1. The molecule has 1 heterocycles. The standard InChI is InChI=1S/C30H36N4O3/c1-22-14-16-23(17-15-22)26-12-8-9-13-27(26)28(35)32-24-20-31-33(21-24)18-19-34(25-10-6-5-7-11-25)29(36)37-30(2,3)4/h5-7,10-11,14-17,20-21H,8-9,12-13,18-19H2,1-4H3,(H,32,35). The Kier molecular flexibility index (Phi) is 8.11. The number of nitrogens with zero attached hydrogens (tertiary/aromatic N) is 3. The van der Waals surface area contributed by atoms with Gasteiger partial charge in [-0.25, -0.2) is 4.79 Å². The van der Waals surface area contributed by atoms with Crippen LogP contribution in [0.5, 0.6) is 0 Å². The number of aryl methyl sites for hydroxylation is 1. The smallest absolute Gasteiger partial charge is 0.414 e. The molecule has 4 rings (SSSR count). The van der Waals surface area contributed by atoms with E-state index in [9.17, 15) is 9.59 Å². The number of allylic oxidation sites excluding steroid dienone is 1. The normalized spacial score (nSPS) is 13.8. The van der Waals surface area contributed by atoms with Gasteiger partial charge >= 0.3 is 6.09 Å². The molecule has 0 aliphatic heterocycles. The Bertz CT molecular complexity index is 1250. The Labute approximate surface area is 219 Å². The fraction of sp³-hybridized carbons (Fsp3) is 0.367. The van der Waals surface area contributed by atoms with Crippen molar-refractivity contribution in [3.8, 4) is 0 Å². The van der Waals surface area contributed by atoms with Crippen molar-refractivity contribution in [2.75, 3.05) is 16.8 Å². The molecule has 1 N–H and O–H groups in total. The summed E-state index contributed by atoms with van der Waals surface area (Å²) in [6, 6.07) is 17.8. The van der Waals surface area contributed by atoms with Crippen LogP contribution in [-0.4, -0.2) is 33.9 Å². The van der Waals surface area contributed by atoms with Gasteiger partial charge in [-0.2, -0.15) is 5.10 Å². The van der Waals surface area contributed by atoms with Crippen molar-refractivity contribution >= 4 is 28.9 Å². The first-order valence-corrected chi connectivity index (χ1v) is 12.9. The summed E-state index contributed by atoms with van der Waals surface area (Å²) in [5.74, 6) is -0.0745. The van der Waals surface area contributed by atoms with Crippen LogP contribution in [-0.2, 0) is 16.1 Å². The van der Waals surface area contributed by atoms with Crippen molar-refractivity contribution in [2.24, 2.45) is 0 Å². The molecule has 37 heavy (non-hydrogen) atoms. The van der Waals surface area contributed by atoms with Gasteiger partial charge in [-0.1, -0.05) is 48.0 Å². The summed E-state index contributed by atoms with van der Waals surface area (Å²) in [6.07, 6.45) is 6.81. The molecule has 7 heteroatoms. The van der Waals surface area contributed by atoms with Gasteiger partial charge in [0.05, 0.1) is 18.4 Å². The van der Waals surface area contributed by atoms with Gasteiger partial charge in [0, 0.05) is 24.0 Å². The minimum absolute atomic E-state index is 0.0745. The van der Waals surface area contributed by atoms with Crippen molar-refractivity contribution in [1.82, 2.24) is 9.78 Å². The lowest BCUT2D eigenvalue weighted by Gasteiger charge is -2.27. The minimum Gasteiger partial charge on any atom is -0.443 e. The molecule has 2 aromatic carbocycles. The van der Waals surface area contributed by atoms with Crippen LogP contribution in [0, 0.1) is 6.92 Å². The number of hydrogen-bond acceptors (Lipinski definition) is 4. The number of benzene rings is 2. The van der Waals surface area contributed by atoms with Gasteiger partial charge in [0.1, 0.15) is 5.60 Å². The Morgan fingerprint density at radius 1 is 1.03 bits per heavy atom. The highest BCUT2D eigenvalue weighted by atomic mass is 16.6. The Hall–Kier alpha value is -3.87. The summed E-state index contributed by atoms with van der Waals surface area (Å²) in [7, 11) is 0. The van der Waals surface area contributed by atoms with E-state index in [-0.39, 0.29) is 5.91 Å². The molecule has 7 nitrogen and oxygen atoms in total. The molecule has 1 aliphatic carbocycles. The predicted octanol–water partition coefficient (Wildman–Crippen LogP) is 6.60. The lowest BCUT2D eigenvalue weighted by molar-refractivity contribution is -0.113. The first kappa shape index (κ1) is 26.2. The number of carbonyl (C=O) groups excluding carboxylic acids is 2. The quantitative estimate of drug-likeness (QED) is 0.397. The number of carbonyl (C=O) groups is 2. The number of ether oxygens (including phenoxy) is 1. The van der Waals surface area contributed by atoms with E-state index in [0.29, 0.717) is 18.8 Å². The van der Waals surface area contributed by atoms with E-state index in [1.807, 2.05) is 51.1 Å². The molecule has 0 unspecified atom stereocenters. The van der Waals surface area contributed by atoms with Crippen LogP contribution in [0.4, 0.5) is 16.2 Å². The molecule has 1 aromatic heterocycles. The first-order valence-electron chi connectivity index (χ1n) is 12.9. The van der Waals surface area contributed by atoms with Gasteiger partial charge in [0.15, 0.2) is 0 Å². The number of amides is 2. The lowest BCUT2D eigenvalue weighted by atomic mass is 9.86.